The standard InChI is InChI=1S/C19H19FO/c1-18(2,3)19(21,16-10-7-11-17(20)14-16)13-12-15-8-5-4-6-9-15/h4-11,14,21H,1-3H3. The highest BCUT2D eigenvalue weighted by Crippen LogP contribution is 2.39. The van der Waals surface area contributed by atoms with Crippen LogP contribution in [-0.2, 0) is 5.60 Å². The first-order valence-electron chi connectivity index (χ1n) is 6.89. The molecule has 0 aliphatic carbocycles. The molecule has 0 aromatic heterocycles. The Hall–Kier alpha value is -2.11. The van der Waals surface area contributed by atoms with Gasteiger partial charge in [-0.1, -0.05) is 62.9 Å². The maximum absolute atomic E-state index is 13.5. The van der Waals surface area contributed by atoms with E-state index in [9.17, 15) is 9.50 Å². The van der Waals surface area contributed by atoms with E-state index in [-0.39, 0.29) is 5.82 Å². The lowest BCUT2D eigenvalue weighted by molar-refractivity contribution is -0.00923. The first-order chi connectivity index (χ1) is 9.83. The summed E-state index contributed by atoms with van der Waals surface area (Å²) in [5.41, 5.74) is -0.692. The number of hydrogen-bond donors (Lipinski definition) is 1. The van der Waals surface area contributed by atoms with Crippen LogP contribution in [0.3, 0.4) is 0 Å². The van der Waals surface area contributed by atoms with E-state index < -0.39 is 11.0 Å². The topological polar surface area (TPSA) is 20.2 Å². The average Bonchev–Trinajstić information content (AvgIpc) is 2.44. The SMILES string of the molecule is CC(C)(C)C(O)(C#Cc1ccccc1)c1cccc(F)c1. The molecule has 2 aromatic rings. The van der Waals surface area contributed by atoms with Crippen LogP contribution in [-0.4, -0.2) is 5.11 Å². The van der Waals surface area contributed by atoms with E-state index in [2.05, 4.69) is 11.8 Å². The predicted molar refractivity (Wildman–Crippen MR) is 83.1 cm³/mol. The summed E-state index contributed by atoms with van der Waals surface area (Å²) in [6.45, 7) is 5.66. The van der Waals surface area contributed by atoms with Gasteiger partial charge in [0, 0.05) is 11.0 Å². The molecule has 0 saturated heterocycles. The van der Waals surface area contributed by atoms with Crippen LogP contribution < -0.4 is 0 Å². The van der Waals surface area contributed by atoms with Crippen molar-refractivity contribution < 1.29 is 9.50 Å². The number of aliphatic hydroxyl groups is 1. The van der Waals surface area contributed by atoms with Crippen LogP contribution in [0.25, 0.3) is 0 Å². The van der Waals surface area contributed by atoms with Crippen LogP contribution in [0.1, 0.15) is 31.9 Å². The van der Waals surface area contributed by atoms with Crippen molar-refractivity contribution in [2.75, 3.05) is 0 Å². The Labute approximate surface area is 125 Å². The number of hydrogen-bond acceptors (Lipinski definition) is 1. The highest BCUT2D eigenvalue weighted by Gasteiger charge is 2.40. The van der Waals surface area contributed by atoms with Gasteiger partial charge < -0.3 is 5.11 Å². The summed E-state index contributed by atoms with van der Waals surface area (Å²) >= 11 is 0. The molecule has 0 spiro atoms. The second-order valence-corrected chi connectivity index (χ2v) is 6.09. The van der Waals surface area contributed by atoms with Crippen LogP contribution in [0.15, 0.2) is 54.6 Å². The Bertz CT molecular complexity index is 674. The summed E-state index contributed by atoms with van der Waals surface area (Å²) < 4.78 is 13.5. The van der Waals surface area contributed by atoms with Crippen LogP contribution in [0.2, 0.25) is 0 Å². The molecule has 0 amide bonds. The maximum atomic E-state index is 13.5. The summed E-state index contributed by atoms with van der Waals surface area (Å²) in [5.74, 6) is 5.54. The molecule has 108 valence electrons. The van der Waals surface area contributed by atoms with Crippen molar-refractivity contribution >= 4 is 0 Å². The van der Waals surface area contributed by atoms with Crippen LogP contribution in [0.5, 0.6) is 0 Å². The summed E-state index contributed by atoms with van der Waals surface area (Å²) in [7, 11) is 0. The van der Waals surface area contributed by atoms with Gasteiger partial charge in [0.1, 0.15) is 5.82 Å². The summed E-state index contributed by atoms with van der Waals surface area (Å²) in [4.78, 5) is 0. The second kappa shape index (κ2) is 5.71. The molecule has 21 heavy (non-hydrogen) atoms. The highest BCUT2D eigenvalue weighted by molar-refractivity contribution is 5.41. The lowest BCUT2D eigenvalue weighted by atomic mass is 9.72. The van der Waals surface area contributed by atoms with E-state index in [1.165, 1.54) is 12.1 Å². The third kappa shape index (κ3) is 3.32. The van der Waals surface area contributed by atoms with Gasteiger partial charge >= 0.3 is 0 Å². The van der Waals surface area contributed by atoms with Crippen LogP contribution in [0, 0.1) is 23.1 Å². The lowest BCUT2D eigenvalue weighted by Crippen LogP contribution is -2.38. The minimum atomic E-state index is -1.43. The molecule has 2 heteroatoms. The van der Waals surface area contributed by atoms with Gasteiger partial charge in [-0.15, -0.1) is 0 Å². The zero-order chi connectivity index (χ0) is 15.5. The average molecular weight is 282 g/mol. The molecule has 0 aliphatic rings. The van der Waals surface area contributed by atoms with Crippen molar-refractivity contribution in [3.05, 3.63) is 71.5 Å². The second-order valence-electron chi connectivity index (χ2n) is 6.09. The molecular weight excluding hydrogens is 263 g/mol. The van der Waals surface area contributed by atoms with Gasteiger partial charge in [-0.05, 0) is 29.8 Å². The van der Waals surface area contributed by atoms with E-state index in [1.807, 2.05) is 51.1 Å². The molecule has 1 nitrogen and oxygen atoms in total. The molecule has 0 bridgehead atoms. The Morgan fingerprint density at radius 2 is 1.62 bits per heavy atom. The Morgan fingerprint density at radius 3 is 2.19 bits per heavy atom. The van der Waals surface area contributed by atoms with Gasteiger partial charge in [0.2, 0.25) is 0 Å². The first-order valence-corrected chi connectivity index (χ1v) is 6.89. The van der Waals surface area contributed by atoms with E-state index in [0.29, 0.717) is 5.56 Å². The Balaban J connectivity index is 2.52. The maximum Gasteiger partial charge on any atom is 0.156 e. The fourth-order valence-electron chi connectivity index (χ4n) is 2.09. The van der Waals surface area contributed by atoms with Crippen molar-refractivity contribution in [3.63, 3.8) is 0 Å². The smallest absolute Gasteiger partial charge is 0.156 e. The van der Waals surface area contributed by atoms with E-state index in [4.69, 9.17) is 0 Å². The minimum absolute atomic E-state index is 0.378. The minimum Gasteiger partial charge on any atom is -0.373 e. The van der Waals surface area contributed by atoms with Crippen molar-refractivity contribution in [3.8, 4) is 11.8 Å². The van der Waals surface area contributed by atoms with Gasteiger partial charge in [0.05, 0.1) is 0 Å². The number of rotatable bonds is 1. The molecule has 0 aliphatic heterocycles. The fourth-order valence-corrected chi connectivity index (χ4v) is 2.09. The van der Waals surface area contributed by atoms with E-state index >= 15 is 0 Å². The largest absolute Gasteiger partial charge is 0.373 e. The molecule has 0 saturated carbocycles. The predicted octanol–water partition coefficient (Wildman–Crippen LogP) is 4.11. The zero-order valence-electron chi connectivity index (χ0n) is 12.5. The summed E-state index contributed by atoms with van der Waals surface area (Å²) in [6, 6.07) is 15.4. The van der Waals surface area contributed by atoms with Crippen molar-refractivity contribution in [1.29, 1.82) is 0 Å². The van der Waals surface area contributed by atoms with E-state index in [1.54, 1.807) is 12.1 Å². The third-order valence-corrected chi connectivity index (χ3v) is 3.49. The van der Waals surface area contributed by atoms with Crippen molar-refractivity contribution in [2.45, 2.75) is 26.4 Å². The Kier molecular flexibility index (Phi) is 4.16. The molecule has 1 unspecified atom stereocenters. The van der Waals surface area contributed by atoms with Gasteiger partial charge in [0.15, 0.2) is 5.60 Å². The monoisotopic (exact) mass is 282 g/mol. The van der Waals surface area contributed by atoms with Crippen molar-refractivity contribution in [1.82, 2.24) is 0 Å². The van der Waals surface area contributed by atoms with Crippen molar-refractivity contribution in [2.24, 2.45) is 5.41 Å². The van der Waals surface area contributed by atoms with Crippen LogP contribution >= 0.6 is 0 Å². The number of halogens is 1. The molecular formula is C19H19FO. The molecule has 1 atom stereocenters. The first kappa shape index (κ1) is 15.3. The summed E-state index contributed by atoms with van der Waals surface area (Å²) in [6.07, 6.45) is 0. The number of benzene rings is 2. The van der Waals surface area contributed by atoms with Gasteiger partial charge in [-0.25, -0.2) is 4.39 Å². The molecule has 2 aromatic carbocycles. The van der Waals surface area contributed by atoms with Crippen LogP contribution in [0.4, 0.5) is 4.39 Å². The molecule has 0 radical (unpaired) electrons. The summed E-state index contributed by atoms with van der Waals surface area (Å²) in [5, 5.41) is 11.1. The Morgan fingerprint density at radius 1 is 0.952 bits per heavy atom. The van der Waals surface area contributed by atoms with E-state index in [0.717, 1.165) is 5.56 Å². The van der Waals surface area contributed by atoms with Gasteiger partial charge in [-0.2, -0.15) is 0 Å². The molecule has 2 rings (SSSR count). The molecule has 0 fully saturated rings. The lowest BCUT2D eigenvalue weighted by Gasteiger charge is -2.36. The van der Waals surface area contributed by atoms with Gasteiger partial charge in [-0.3, -0.25) is 0 Å². The molecule has 0 heterocycles. The third-order valence-electron chi connectivity index (χ3n) is 3.49. The van der Waals surface area contributed by atoms with Gasteiger partial charge in [0.25, 0.3) is 0 Å². The fraction of sp³-hybridized carbons (Fsp3) is 0.263. The normalized spacial score (nSPS) is 14.0. The quantitative estimate of drug-likeness (QED) is 0.780. The highest BCUT2D eigenvalue weighted by atomic mass is 19.1. The molecule has 1 N–H and O–H groups in total. The zero-order valence-corrected chi connectivity index (χ0v) is 12.5.